The summed E-state index contributed by atoms with van der Waals surface area (Å²) in [6.07, 6.45) is 0.863. The highest BCUT2D eigenvalue weighted by molar-refractivity contribution is 5.99. The molecule has 1 amide bonds. The van der Waals surface area contributed by atoms with Crippen molar-refractivity contribution in [2.24, 2.45) is 0 Å². The van der Waals surface area contributed by atoms with Gasteiger partial charge in [0, 0.05) is 0 Å². The Morgan fingerprint density at radius 3 is 2.24 bits per heavy atom. The van der Waals surface area contributed by atoms with Crippen LogP contribution in [0.25, 0.3) is 0 Å². The number of nitrogens with one attached hydrogen (secondary N) is 1. The number of hydrogen-bond acceptors (Lipinski definition) is 3. The highest BCUT2D eigenvalue weighted by Gasteiger charge is 2.19. The minimum atomic E-state index is -1.09. The van der Waals surface area contributed by atoms with Gasteiger partial charge in [-0.15, -0.1) is 0 Å². The van der Waals surface area contributed by atoms with E-state index in [1.54, 1.807) is 32.9 Å². The van der Waals surface area contributed by atoms with Crippen LogP contribution in [0.1, 0.15) is 42.3 Å². The van der Waals surface area contributed by atoms with Crippen LogP contribution in [0.4, 0.5) is 10.5 Å². The first-order chi connectivity index (χ1) is 11.7. The zero-order chi connectivity index (χ0) is 18.4. The zero-order valence-corrected chi connectivity index (χ0v) is 14.7. The molecule has 2 N–H and O–H groups in total. The fraction of sp³-hybridized carbons (Fsp3) is 0.300. The molecular weight excluding hydrogens is 318 g/mol. The number of aryl methyl sites for hydroxylation is 2. The number of anilines is 1. The van der Waals surface area contributed by atoms with Crippen molar-refractivity contribution in [2.45, 2.75) is 39.2 Å². The summed E-state index contributed by atoms with van der Waals surface area (Å²) in [5, 5.41) is 11.9. The summed E-state index contributed by atoms with van der Waals surface area (Å²) in [6.45, 7) is 5.24. The maximum Gasteiger partial charge on any atom is 0.412 e. The second-order valence-corrected chi connectivity index (χ2v) is 6.80. The predicted molar refractivity (Wildman–Crippen MR) is 97.1 cm³/mol. The number of amides is 1. The van der Waals surface area contributed by atoms with E-state index in [9.17, 15) is 14.7 Å². The molecule has 0 radical (unpaired) electrons. The smallest absolute Gasteiger partial charge is 0.412 e. The molecule has 0 saturated carbocycles. The Balaban J connectivity index is 2.11. The molecule has 2 aromatic carbocycles. The highest BCUT2D eigenvalue weighted by atomic mass is 16.6. The van der Waals surface area contributed by atoms with Crippen molar-refractivity contribution in [3.8, 4) is 0 Å². The summed E-state index contributed by atoms with van der Waals surface area (Å²) < 4.78 is 5.17. The van der Waals surface area contributed by atoms with Crippen LogP contribution in [-0.2, 0) is 17.6 Å². The number of rotatable bonds is 5. The van der Waals surface area contributed by atoms with Crippen LogP contribution in [0.15, 0.2) is 48.5 Å². The van der Waals surface area contributed by atoms with Crippen LogP contribution >= 0.6 is 0 Å². The van der Waals surface area contributed by atoms with Crippen molar-refractivity contribution in [1.29, 1.82) is 0 Å². The monoisotopic (exact) mass is 341 g/mol. The number of carboxylic acid groups (broad SMARTS) is 1. The van der Waals surface area contributed by atoms with E-state index in [1.165, 1.54) is 5.56 Å². The first kappa shape index (κ1) is 18.5. The second-order valence-electron chi connectivity index (χ2n) is 6.80. The zero-order valence-electron chi connectivity index (χ0n) is 14.7. The number of hydrogen-bond donors (Lipinski definition) is 2. The van der Waals surface area contributed by atoms with Crippen molar-refractivity contribution in [1.82, 2.24) is 0 Å². The topological polar surface area (TPSA) is 75.6 Å². The van der Waals surface area contributed by atoms with Gasteiger partial charge in [0.25, 0.3) is 0 Å². The Hall–Kier alpha value is -2.82. The summed E-state index contributed by atoms with van der Waals surface area (Å²) in [7, 11) is 0. The van der Waals surface area contributed by atoms with Gasteiger partial charge in [-0.25, -0.2) is 9.59 Å². The van der Waals surface area contributed by atoms with Gasteiger partial charge in [-0.05, 0) is 56.9 Å². The van der Waals surface area contributed by atoms with Crippen LogP contribution in [0.2, 0.25) is 0 Å². The van der Waals surface area contributed by atoms with Crippen molar-refractivity contribution in [3.05, 3.63) is 65.2 Å². The quantitative estimate of drug-likeness (QED) is 0.838. The number of aromatic carboxylic acids is 1. The van der Waals surface area contributed by atoms with E-state index < -0.39 is 17.7 Å². The first-order valence-electron chi connectivity index (χ1n) is 8.15. The van der Waals surface area contributed by atoms with E-state index >= 15 is 0 Å². The summed E-state index contributed by atoms with van der Waals surface area (Å²) >= 11 is 0. The molecule has 0 atom stereocenters. The molecule has 5 nitrogen and oxygen atoms in total. The third-order valence-corrected chi connectivity index (χ3v) is 3.50. The third-order valence-electron chi connectivity index (χ3n) is 3.50. The van der Waals surface area contributed by atoms with Crippen molar-refractivity contribution < 1.29 is 19.4 Å². The van der Waals surface area contributed by atoms with Crippen molar-refractivity contribution in [3.63, 3.8) is 0 Å². The Morgan fingerprint density at radius 1 is 1.00 bits per heavy atom. The summed E-state index contributed by atoms with van der Waals surface area (Å²) in [5.74, 6) is -1.09. The molecular formula is C20H23NO4. The molecule has 0 spiro atoms. The minimum absolute atomic E-state index is 0.0522. The first-order valence-corrected chi connectivity index (χ1v) is 8.15. The molecule has 132 valence electrons. The standard InChI is InChI=1S/C20H23NO4/c1-20(2,3)25-19(24)21-17-12-11-15(13-16(17)18(22)23)10-9-14-7-5-4-6-8-14/h4-8,11-13H,9-10H2,1-3H3,(H,21,24)(H,22,23). The summed E-state index contributed by atoms with van der Waals surface area (Å²) in [5.41, 5.74) is 1.72. The molecule has 0 heterocycles. The Morgan fingerprint density at radius 2 is 1.64 bits per heavy atom. The van der Waals surface area contributed by atoms with Crippen molar-refractivity contribution in [2.75, 3.05) is 5.32 Å². The Labute approximate surface area is 147 Å². The highest BCUT2D eigenvalue weighted by Crippen LogP contribution is 2.20. The molecule has 0 aromatic heterocycles. The maximum absolute atomic E-state index is 11.9. The number of carbonyl (C=O) groups excluding carboxylic acids is 1. The molecule has 0 aliphatic rings. The number of ether oxygens (including phenoxy) is 1. The number of benzene rings is 2. The van der Waals surface area contributed by atoms with Crippen molar-refractivity contribution >= 4 is 17.7 Å². The lowest BCUT2D eigenvalue weighted by atomic mass is 10.0. The Bertz CT molecular complexity index is 748. The van der Waals surface area contributed by atoms with Gasteiger partial charge in [0.05, 0.1) is 11.3 Å². The van der Waals surface area contributed by atoms with Gasteiger partial charge in [-0.3, -0.25) is 5.32 Å². The molecule has 0 aliphatic heterocycles. The molecule has 0 saturated heterocycles. The van der Waals surface area contributed by atoms with Gasteiger partial charge in [0.15, 0.2) is 0 Å². The fourth-order valence-electron chi connectivity index (χ4n) is 2.38. The molecule has 25 heavy (non-hydrogen) atoms. The maximum atomic E-state index is 11.9. The molecule has 2 rings (SSSR count). The molecule has 0 unspecified atom stereocenters. The molecule has 0 aliphatic carbocycles. The second kappa shape index (κ2) is 7.83. The molecule has 0 fully saturated rings. The van der Waals surface area contributed by atoms with Gasteiger partial charge in [0.2, 0.25) is 0 Å². The Kier molecular flexibility index (Phi) is 5.80. The van der Waals surface area contributed by atoms with E-state index in [4.69, 9.17) is 4.74 Å². The van der Waals surface area contributed by atoms with E-state index in [2.05, 4.69) is 5.32 Å². The average Bonchev–Trinajstić information content (AvgIpc) is 2.53. The lowest BCUT2D eigenvalue weighted by Gasteiger charge is -2.20. The van der Waals surface area contributed by atoms with Gasteiger partial charge in [0.1, 0.15) is 5.60 Å². The van der Waals surface area contributed by atoms with Crippen LogP contribution < -0.4 is 5.32 Å². The lowest BCUT2D eigenvalue weighted by molar-refractivity contribution is 0.0636. The van der Waals surface area contributed by atoms with E-state index in [1.807, 2.05) is 36.4 Å². The average molecular weight is 341 g/mol. The predicted octanol–water partition coefficient (Wildman–Crippen LogP) is 4.52. The fourth-order valence-corrected chi connectivity index (χ4v) is 2.38. The van der Waals surface area contributed by atoms with Crippen LogP contribution in [-0.4, -0.2) is 22.8 Å². The van der Waals surface area contributed by atoms with Crippen LogP contribution in [0.3, 0.4) is 0 Å². The van der Waals surface area contributed by atoms with Gasteiger partial charge >= 0.3 is 12.1 Å². The summed E-state index contributed by atoms with van der Waals surface area (Å²) in [4.78, 5) is 23.4. The van der Waals surface area contributed by atoms with E-state index in [0.717, 1.165) is 18.4 Å². The normalized spacial score (nSPS) is 11.0. The number of carbonyl (C=O) groups is 2. The van der Waals surface area contributed by atoms with Gasteiger partial charge < -0.3 is 9.84 Å². The van der Waals surface area contributed by atoms with Crippen LogP contribution in [0, 0.1) is 0 Å². The van der Waals surface area contributed by atoms with E-state index in [0.29, 0.717) is 0 Å². The number of carboxylic acids is 1. The summed E-state index contributed by atoms with van der Waals surface area (Å²) in [6, 6.07) is 15.0. The van der Waals surface area contributed by atoms with Gasteiger partial charge in [-0.1, -0.05) is 36.4 Å². The lowest BCUT2D eigenvalue weighted by Crippen LogP contribution is -2.27. The SMILES string of the molecule is CC(C)(C)OC(=O)Nc1ccc(CCc2ccccc2)cc1C(=O)O. The molecule has 0 bridgehead atoms. The molecule has 5 heteroatoms. The van der Waals surface area contributed by atoms with E-state index in [-0.39, 0.29) is 11.3 Å². The third kappa shape index (κ3) is 5.95. The van der Waals surface area contributed by atoms with Crippen LogP contribution in [0.5, 0.6) is 0 Å². The largest absolute Gasteiger partial charge is 0.478 e. The minimum Gasteiger partial charge on any atom is -0.478 e. The molecule has 2 aromatic rings. The van der Waals surface area contributed by atoms with Gasteiger partial charge in [-0.2, -0.15) is 0 Å².